The number of rotatable bonds is 16. The Bertz CT molecular complexity index is 6130. The van der Waals surface area contributed by atoms with E-state index in [2.05, 4.69) is 269 Å². The van der Waals surface area contributed by atoms with Gasteiger partial charge in [0.25, 0.3) is 0 Å². The molecule has 12 heteroatoms. The zero-order valence-electron chi connectivity index (χ0n) is 75.4. The van der Waals surface area contributed by atoms with E-state index in [4.69, 9.17) is 0 Å². The van der Waals surface area contributed by atoms with Gasteiger partial charge in [0.05, 0.1) is 0 Å². The van der Waals surface area contributed by atoms with Gasteiger partial charge < -0.3 is 39.9 Å². The first-order chi connectivity index (χ1) is 64.0. The Morgan fingerprint density at radius 2 is 0.463 bits per heavy atom. The van der Waals surface area contributed by atoms with Gasteiger partial charge in [0.2, 0.25) is 0 Å². The van der Waals surface area contributed by atoms with Gasteiger partial charge in [-0.25, -0.2) is 0 Å². The van der Waals surface area contributed by atoms with E-state index in [-0.39, 0.29) is 80.4 Å². The topological polar surface area (TPSA) is 103 Å². The summed E-state index contributed by atoms with van der Waals surface area (Å²) >= 11 is 0. The Kier molecular flexibility index (Phi) is 44.8. The van der Waals surface area contributed by atoms with Crippen molar-refractivity contribution in [3.63, 3.8) is 0 Å². The summed E-state index contributed by atoms with van der Waals surface area (Å²) in [7, 11) is 0. The van der Waals surface area contributed by atoms with Gasteiger partial charge in [-0.05, 0) is 163 Å². The van der Waals surface area contributed by atoms with Crippen molar-refractivity contribution in [2.24, 2.45) is 5.92 Å². The van der Waals surface area contributed by atoms with Gasteiger partial charge in [0.1, 0.15) is 0 Å². The third-order valence-electron chi connectivity index (χ3n) is 20.4. The normalized spacial score (nSPS) is 9.97. The van der Waals surface area contributed by atoms with Crippen LogP contribution in [0.2, 0.25) is 0 Å². The van der Waals surface area contributed by atoms with Crippen molar-refractivity contribution in [1.29, 1.82) is 0 Å². The summed E-state index contributed by atoms with van der Waals surface area (Å²) in [6.07, 6.45) is 17.1. The molecule has 0 amide bonds. The quantitative estimate of drug-likeness (QED) is 0.0882. The molecule has 0 unspecified atom stereocenters. The van der Waals surface area contributed by atoms with Crippen LogP contribution in [0.4, 0.5) is 0 Å². The second-order valence-corrected chi connectivity index (χ2v) is 30.8. The first kappa shape index (κ1) is 104. The molecule has 0 fully saturated rings. The number of hydrogen-bond acceptors (Lipinski definition) is 8. The fourth-order valence-electron chi connectivity index (χ4n) is 13.6. The molecule has 0 aliphatic heterocycles. The van der Waals surface area contributed by atoms with Gasteiger partial charge in [-0.15, -0.1) is 287 Å². The Morgan fingerprint density at radius 1 is 0.216 bits per heavy atom. The van der Waals surface area contributed by atoms with Crippen molar-refractivity contribution in [2.45, 2.75) is 60.3 Å². The number of pyridine rings is 8. The zero-order chi connectivity index (χ0) is 89.8. The van der Waals surface area contributed by atoms with Gasteiger partial charge in [0.15, 0.2) is 0 Å². The molecule has 20 rings (SSSR count). The largest absolute Gasteiger partial charge is 0.305 e. The molecule has 0 spiro atoms. The van der Waals surface area contributed by atoms with Crippen LogP contribution in [-0.4, -0.2) is 39.9 Å². The van der Waals surface area contributed by atoms with E-state index < -0.39 is 0 Å². The molecule has 20 aromatic rings. The van der Waals surface area contributed by atoms with E-state index in [1.807, 2.05) is 298 Å². The summed E-state index contributed by atoms with van der Waals surface area (Å²) in [5.41, 5.74) is 30.8. The minimum absolute atomic E-state index is 0. The van der Waals surface area contributed by atoms with Crippen LogP contribution in [-0.2, 0) is 93.3 Å². The van der Waals surface area contributed by atoms with Gasteiger partial charge in [-0.2, -0.15) is 0 Å². The zero-order valence-corrected chi connectivity index (χ0v) is 84.9. The molecule has 8 heterocycles. The Hall–Kier alpha value is -13.6. The SMILES string of the molecule is CC(C)Cc1cccc(-c2ccc(-c3[c-]cccc3)nc2)c1.CC(C)c1cccc(-c2ccc(-c3[c-]cccc3)nc2)c1.CCc1cccc(-c2ccc(-c3[c-]cccc3)nc2)c1.Cc1cccc(-c2ccc(-c3[c-]cccc3)nc2)c1.[Ir].[Ir].[Ir].[Ir].[c-]1ccccc1-c1ccccn1.[c-]1ccccc1-c1ccccn1.[c-]1ccccc1-c1ccccn1.[c-]1ccccc1-c1ccccn1. The van der Waals surface area contributed by atoms with E-state index in [0.717, 1.165) is 125 Å². The minimum Gasteiger partial charge on any atom is -0.305 e. The van der Waals surface area contributed by atoms with Crippen LogP contribution >= 0.6 is 0 Å². The van der Waals surface area contributed by atoms with E-state index in [0.29, 0.717) is 11.8 Å². The van der Waals surface area contributed by atoms with Gasteiger partial charge >= 0.3 is 0 Å². The molecule has 8 aromatic heterocycles. The summed E-state index contributed by atoms with van der Waals surface area (Å²) in [6.45, 7) is 13.2. The van der Waals surface area contributed by atoms with Crippen molar-refractivity contribution in [3.05, 3.63) is 533 Å². The molecule has 134 heavy (non-hydrogen) atoms. The molecule has 0 saturated heterocycles. The maximum atomic E-state index is 4.58. The van der Waals surface area contributed by atoms with Gasteiger partial charge in [-0.1, -0.05) is 234 Å². The van der Waals surface area contributed by atoms with Crippen LogP contribution in [0.3, 0.4) is 0 Å². The van der Waals surface area contributed by atoms with Gasteiger partial charge in [0, 0.05) is 130 Å². The van der Waals surface area contributed by atoms with Crippen molar-refractivity contribution in [1.82, 2.24) is 39.9 Å². The van der Waals surface area contributed by atoms with Crippen LogP contribution < -0.4 is 0 Å². The van der Waals surface area contributed by atoms with Gasteiger partial charge in [-0.3, -0.25) is 0 Å². The first-order valence-electron chi connectivity index (χ1n) is 43.6. The molecule has 0 saturated carbocycles. The second-order valence-electron chi connectivity index (χ2n) is 30.8. The molecule has 672 valence electrons. The second kappa shape index (κ2) is 57.7. The van der Waals surface area contributed by atoms with Crippen LogP contribution in [0.1, 0.15) is 62.8 Å². The summed E-state index contributed by atoms with van der Waals surface area (Å²) in [5.74, 6) is 1.21. The van der Waals surface area contributed by atoms with Crippen molar-refractivity contribution >= 4 is 0 Å². The third kappa shape index (κ3) is 33.6. The van der Waals surface area contributed by atoms with E-state index in [1.165, 1.54) is 44.5 Å². The molecule has 4 radical (unpaired) electrons. The fourth-order valence-corrected chi connectivity index (χ4v) is 13.6. The van der Waals surface area contributed by atoms with E-state index >= 15 is 0 Å². The Morgan fingerprint density at radius 3 is 0.694 bits per heavy atom. The molecule has 8 nitrogen and oxygen atoms in total. The van der Waals surface area contributed by atoms with Crippen LogP contribution in [0.25, 0.3) is 135 Å². The van der Waals surface area contributed by atoms with E-state index in [1.54, 1.807) is 24.8 Å². The smallest absolute Gasteiger partial charge is 0.0239 e. The van der Waals surface area contributed by atoms with Crippen LogP contribution in [0.15, 0.2) is 462 Å². The summed E-state index contributed by atoms with van der Waals surface area (Å²) in [4.78, 5) is 35.1. The Labute approximate surface area is 846 Å². The molecule has 0 aliphatic rings. The molecular weight excluding hydrogens is 2350 g/mol. The maximum Gasteiger partial charge on any atom is 0.0239 e. The van der Waals surface area contributed by atoms with Crippen LogP contribution in [0, 0.1) is 61.4 Å². The number of aromatic nitrogens is 8. The van der Waals surface area contributed by atoms with Crippen molar-refractivity contribution in [3.8, 4) is 135 Å². The molecule has 0 bridgehead atoms. The van der Waals surface area contributed by atoms with Crippen LogP contribution in [0.5, 0.6) is 0 Å². The predicted molar refractivity (Wildman–Crippen MR) is 537 cm³/mol. The number of hydrogen-bond donors (Lipinski definition) is 0. The minimum atomic E-state index is 0. The van der Waals surface area contributed by atoms with E-state index in [9.17, 15) is 0 Å². The molecular formula is C122H100Ir4N8-8. The summed E-state index contributed by atoms with van der Waals surface area (Å²) < 4.78 is 0. The Balaban J connectivity index is 0.000000173. The average Bonchev–Trinajstić information content (AvgIpc) is 0.849. The first-order valence-corrected chi connectivity index (χ1v) is 43.6. The standard InChI is InChI=1S/C21H20N.C20H18N.C19H16N.C18H14N.4C11H8N.4Ir/c1-16(2)13-17-7-6-10-19(14-17)20-11-12-21(22-15-20)18-8-4-3-5-9-18;1-15(2)17-9-6-10-18(13-17)19-11-12-20(21-14-19)16-7-4-3-5-8-16;1-2-15-7-6-10-17(13-15)18-11-12-19(20-14-18)16-8-4-3-5-9-16;1-14-6-5-9-16(12-14)17-10-11-18(19-13-17)15-7-3-2-4-8-15;4*1-2-6-10(7-3-1)11-8-4-5-9-12-11;;;;/h3-8,10-12,14-16H,13H2,1-2H3;3-7,9-15H,1-2H3;3-8,10-14H,2H2,1H3;2-7,9-13H,1H3;4*1-6,8-9H;;;;/q8*-1;;;;. The maximum absolute atomic E-state index is 4.58. The third-order valence-corrected chi connectivity index (χ3v) is 20.4. The fraction of sp³-hybridized carbons (Fsp3) is 0.0820. The summed E-state index contributed by atoms with van der Waals surface area (Å²) in [6, 6.07) is 163. The monoisotopic (exact) mass is 2450 g/mol. The molecule has 0 atom stereocenters. The summed E-state index contributed by atoms with van der Waals surface area (Å²) in [5, 5.41) is 0. The number of benzene rings is 12. The molecule has 12 aromatic carbocycles. The molecule has 0 aliphatic carbocycles. The number of aryl methyl sites for hydroxylation is 2. The van der Waals surface area contributed by atoms with Crippen molar-refractivity contribution < 1.29 is 80.4 Å². The van der Waals surface area contributed by atoms with Crippen molar-refractivity contribution in [2.75, 3.05) is 0 Å². The molecule has 0 N–H and O–H groups in total. The number of nitrogens with zero attached hydrogens (tertiary/aromatic N) is 8. The average molecular weight is 2450 g/mol. The predicted octanol–water partition coefficient (Wildman–Crippen LogP) is 30.2.